The zero-order valence-electron chi connectivity index (χ0n) is 10.2. The topological polar surface area (TPSA) is 70.5 Å². The van der Waals surface area contributed by atoms with Gasteiger partial charge in [0.05, 0.1) is 19.3 Å². The first-order valence-corrected chi connectivity index (χ1v) is 6.41. The Morgan fingerprint density at radius 2 is 2.33 bits per heavy atom. The van der Waals surface area contributed by atoms with Gasteiger partial charge in [-0.15, -0.1) is 0 Å². The molecule has 1 aromatic rings. The van der Waals surface area contributed by atoms with E-state index in [1.165, 1.54) is 12.8 Å². The molecule has 0 radical (unpaired) electrons. The monoisotopic (exact) mass is 250 g/mol. The predicted octanol–water partition coefficient (Wildman–Crippen LogP) is 0.248. The first kappa shape index (κ1) is 11.7. The summed E-state index contributed by atoms with van der Waals surface area (Å²) >= 11 is 0. The largest absolute Gasteiger partial charge is 0.394 e. The first-order valence-electron chi connectivity index (χ1n) is 6.41. The number of hydrogen-bond acceptors (Lipinski definition) is 6. The molecular formula is C12H18N4O2. The Balaban J connectivity index is 1.69. The van der Waals surface area contributed by atoms with Crippen LogP contribution < -0.4 is 10.2 Å². The summed E-state index contributed by atoms with van der Waals surface area (Å²) in [6, 6.07) is 2.56. The van der Waals surface area contributed by atoms with Gasteiger partial charge < -0.3 is 20.1 Å². The first-order chi connectivity index (χ1) is 8.85. The summed E-state index contributed by atoms with van der Waals surface area (Å²) in [6.45, 7) is 2.15. The van der Waals surface area contributed by atoms with E-state index in [1.54, 1.807) is 6.33 Å². The number of rotatable bonds is 4. The Hall–Kier alpha value is -1.40. The molecule has 98 valence electrons. The van der Waals surface area contributed by atoms with E-state index < -0.39 is 0 Å². The number of aliphatic hydroxyl groups excluding tert-OH is 1. The van der Waals surface area contributed by atoms with Gasteiger partial charge in [0, 0.05) is 25.2 Å². The summed E-state index contributed by atoms with van der Waals surface area (Å²) in [6.07, 6.45) is 3.92. The molecule has 0 amide bonds. The van der Waals surface area contributed by atoms with E-state index in [4.69, 9.17) is 9.84 Å². The summed E-state index contributed by atoms with van der Waals surface area (Å²) in [5.74, 6) is 1.78. The third kappa shape index (κ3) is 2.70. The normalized spacial score (nSPS) is 24.1. The predicted molar refractivity (Wildman–Crippen MR) is 67.7 cm³/mol. The molecule has 1 unspecified atom stereocenters. The van der Waals surface area contributed by atoms with Crippen LogP contribution in [0, 0.1) is 0 Å². The van der Waals surface area contributed by atoms with E-state index in [1.807, 2.05) is 6.07 Å². The third-order valence-corrected chi connectivity index (χ3v) is 3.25. The molecule has 1 aliphatic heterocycles. The van der Waals surface area contributed by atoms with E-state index >= 15 is 0 Å². The van der Waals surface area contributed by atoms with E-state index in [-0.39, 0.29) is 12.7 Å². The highest BCUT2D eigenvalue weighted by molar-refractivity contribution is 5.49. The second-order valence-corrected chi connectivity index (χ2v) is 4.80. The number of morpholine rings is 1. The van der Waals surface area contributed by atoms with Gasteiger partial charge in [-0.3, -0.25) is 0 Å². The highest BCUT2D eigenvalue weighted by Gasteiger charge is 2.23. The Morgan fingerprint density at radius 3 is 3.11 bits per heavy atom. The second-order valence-electron chi connectivity index (χ2n) is 4.80. The van der Waals surface area contributed by atoms with Crippen molar-refractivity contribution in [2.24, 2.45) is 0 Å². The summed E-state index contributed by atoms with van der Waals surface area (Å²) < 4.78 is 5.43. The van der Waals surface area contributed by atoms with Crippen molar-refractivity contribution < 1.29 is 9.84 Å². The maximum absolute atomic E-state index is 9.14. The number of ether oxygens (including phenoxy) is 1. The minimum absolute atomic E-state index is 0.0504. The van der Waals surface area contributed by atoms with Gasteiger partial charge in [-0.05, 0) is 12.8 Å². The minimum atomic E-state index is -0.117. The molecule has 1 saturated heterocycles. The molecule has 1 saturated carbocycles. The van der Waals surface area contributed by atoms with Gasteiger partial charge in [0.15, 0.2) is 0 Å². The van der Waals surface area contributed by atoms with Gasteiger partial charge in [-0.2, -0.15) is 0 Å². The number of nitrogens with one attached hydrogen (secondary N) is 1. The van der Waals surface area contributed by atoms with Crippen LogP contribution in [0.2, 0.25) is 0 Å². The van der Waals surface area contributed by atoms with Gasteiger partial charge in [-0.25, -0.2) is 9.97 Å². The van der Waals surface area contributed by atoms with E-state index in [0.717, 1.165) is 18.2 Å². The lowest BCUT2D eigenvalue weighted by atomic mass is 10.3. The SMILES string of the molecule is OCC1CN(c2cc(NC3CC3)ncn2)CCO1. The van der Waals surface area contributed by atoms with Crippen molar-refractivity contribution in [3.63, 3.8) is 0 Å². The third-order valence-electron chi connectivity index (χ3n) is 3.25. The number of aliphatic hydroxyl groups is 1. The lowest BCUT2D eigenvalue weighted by Gasteiger charge is -2.32. The summed E-state index contributed by atoms with van der Waals surface area (Å²) in [4.78, 5) is 10.7. The van der Waals surface area contributed by atoms with Gasteiger partial charge in [0.2, 0.25) is 0 Å². The van der Waals surface area contributed by atoms with Crippen molar-refractivity contribution >= 4 is 11.6 Å². The van der Waals surface area contributed by atoms with Crippen molar-refractivity contribution in [1.82, 2.24) is 9.97 Å². The van der Waals surface area contributed by atoms with Crippen molar-refractivity contribution in [1.29, 1.82) is 0 Å². The lowest BCUT2D eigenvalue weighted by Crippen LogP contribution is -2.44. The molecule has 0 spiro atoms. The second kappa shape index (κ2) is 5.07. The van der Waals surface area contributed by atoms with Crippen LogP contribution in [0.1, 0.15) is 12.8 Å². The van der Waals surface area contributed by atoms with Gasteiger partial charge in [-0.1, -0.05) is 0 Å². The fourth-order valence-corrected chi connectivity index (χ4v) is 2.07. The van der Waals surface area contributed by atoms with Crippen LogP contribution in [0.5, 0.6) is 0 Å². The van der Waals surface area contributed by atoms with Crippen LogP contribution in [0.15, 0.2) is 12.4 Å². The molecule has 6 heteroatoms. The Bertz CT molecular complexity index is 411. The highest BCUT2D eigenvalue weighted by Crippen LogP contribution is 2.25. The van der Waals surface area contributed by atoms with Crippen molar-refractivity contribution in [2.75, 3.05) is 36.5 Å². The number of aromatic nitrogens is 2. The Kier molecular flexibility index (Phi) is 3.29. The average Bonchev–Trinajstić information content (AvgIpc) is 3.23. The molecule has 0 bridgehead atoms. The zero-order valence-corrected chi connectivity index (χ0v) is 10.2. The molecule has 0 aromatic carbocycles. The average molecular weight is 250 g/mol. The molecule has 3 rings (SSSR count). The van der Waals surface area contributed by atoms with Crippen molar-refractivity contribution in [3.05, 3.63) is 12.4 Å². The maximum atomic E-state index is 9.14. The maximum Gasteiger partial charge on any atom is 0.134 e. The summed E-state index contributed by atoms with van der Waals surface area (Å²) in [5.41, 5.74) is 0. The number of anilines is 2. The molecule has 2 N–H and O–H groups in total. The molecule has 2 fully saturated rings. The quantitative estimate of drug-likeness (QED) is 0.798. The molecule has 2 heterocycles. The Morgan fingerprint density at radius 1 is 1.44 bits per heavy atom. The molecule has 18 heavy (non-hydrogen) atoms. The van der Waals surface area contributed by atoms with Crippen LogP contribution in [-0.2, 0) is 4.74 Å². The molecule has 6 nitrogen and oxygen atoms in total. The van der Waals surface area contributed by atoms with Gasteiger partial charge >= 0.3 is 0 Å². The number of nitrogens with zero attached hydrogens (tertiary/aromatic N) is 3. The summed E-state index contributed by atoms with van der Waals surface area (Å²) in [5, 5.41) is 12.5. The van der Waals surface area contributed by atoms with Gasteiger partial charge in [0.1, 0.15) is 18.0 Å². The molecule has 2 aliphatic rings. The van der Waals surface area contributed by atoms with Crippen LogP contribution >= 0.6 is 0 Å². The Labute approximate surface area is 106 Å². The molecule has 1 aliphatic carbocycles. The smallest absolute Gasteiger partial charge is 0.134 e. The van der Waals surface area contributed by atoms with E-state index in [0.29, 0.717) is 19.2 Å². The molecular weight excluding hydrogens is 232 g/mol. The van der Waals surface area contributed by atoms with E-state index in [2.05, 4.69) is 20.2 Å². The van der Waals surface area contributed by atoms with Gasteiger partial charge in [0.25, 0.3) is 0 Å². The fourth-order valence-electron chi connectivity index (χ4n) is 2.07. The van der Waals surface area contributed by atoms with Crippen LogP contribution in [0.25, 0.3) is 0 Å². The molecule has 1 aromatic heterocycles. The van der Waals surface area contributed by atoms with Crippen LogP contribution in [0.3, 0.4) is 0 Å². The zero-order chi connectivity index (χ0) is 12.4. The fraction of sp³-hybridized carbons (Fsp3) is 0.667. The van der Waals surface area contributed by atoms with Crippen molar-refractivity contribution in [3.8, 4) is 0 Å². The van der Waals surface area contributed by atoms with Crippen molar-refractivity contribution in [2.45, 2.75) is 25.0 Å². The van der Waals surface area contributed by atoms with Crippen LogP contribution in [0.4, 0.5) is 11.6 Å². The lowest BCUT2D eigenvalue weighted by molar-refractivity contribution is 0.00336. The highest BCUT2D eigenvalue weighted by atomic mass is 16.5. The standard InChI is InChI=1S/C12H18N4O2/c17-7-10-6-16(3-4-18-10)12-5-11(13-8-14-12)15-9-1-2-9/h5,8-10,17H,1-4,6-7H2,(H,13,14,15). The number of hydrogen-bond donors (Lipinski definition) is 2. The van der Waals surface area contributed by atoms with Crippen LogP contribution in [-0.4, -0.2) is 53.5 Å². The van der Waals surface area contributed by atoms with E-state index in [9.17, 15) is 0 Å². The minimum Gasteiger partial charge on any atom is -0.394 e. The summed E-state index contributed by atoms with van der Waals surface area (Å²) in [7, 11) is 0. The molecule has 1 atom stereocenters.